The van der Waals surface area contributed by atoms with Crippen LogP contribution in [0, 0.1) is 6.92 Å². The molecule has 2 aromatic carbocycles. The minimum Gasteiger partial charge on any atom is -0.371 e. The molecule has 184 valence electrons. The molecule has 0 spiro atoms. The lowest BCUT2D eigenvalue weighted by Gasteiger charge is -2.30. The lowest BCUT2D eigenvalue weighted by molar-refractivity contribution is 0.0949. The van der Waals surface area contributed by atoms with Crippen molar-refractivity contribution in [2.24, 2.45) is 0 Å². The van der Waals surface area contributed by atoms with Gasteiger partial charge < -0.3 is 25.8 Å². The number of carbonyl (C=O) groups excluding carboxylic acids is 2. The molecule has 34 heavy (non-hydrogen) atoms. The van der Waals surface area contributed by atoms with Gasteiger partial charge in [-0.15, -0.1) is 0 Å². The number of hydrogen-bond donors (Lipinski definition) is 3. The van der Waals surface area contributed by atoms with E-state index in [1.165, 1.54) is 6.42 Å². The number of halogens is 1. The quantitative estimate of drug-likeness (QED) is 0.447. The van der Waals surface area contributed by atoms with Gasteiger partial charge in [-0.2, -0.15) is 0 Å². The van der Waals surface area contributed by atoms with E-state index in [0.717, 1.165) is 56.8 Å². The number of urea groups is 1. The molecule has 3 N–H and O–H groups in total. The molecule has 1 heterocycles. The number of anilines is 3. The number of likely N-dealkylation sites (N-methyl/N-ethyl adjacent to an activating group) is 1. The zero-order valence-electron chi connectivity index (χ0n) is 20.4. The predicted octanol–water partition coefficient (Wildman–Crippen LogP) is 5.35. The number of benzene rings is 2. The number of rotatable bonds is 9. The van der Waals surface area contributed by atoms with E-state index in [0.29, 0.717) is 28.5 Å². The van der Waals surface area contributed by atoms with Crippen LogP contribution in [0.4, 0.5) is 21.9 Å². The standard InChI is InChI=1S/C26H36ClN5O2/c1-4-31(5-2)16-13-28-25(33)22-17-20(11-12-24(22)32-14-7-6-8-15-32)29-26(34)30-21-10-9-19(3)23(27)18-21/h9-12,17-18H,4-8,13-16H2,1-3H3,(H,28,33)(H2,29,30,34). The van der Waals surface area contributed by atoms with Crippen molar-refractivity contribution in [3.63, 3.8) is 0 Å². The highest BCUT2D eigenvalue weighted by atomic mass is 35.5. The second-order valence-corrected chi connectivity index (χ2v) is 9.01. The van der Waals surface area contributed by atoms with Crippen molar-refractivity contribution in [3.8, 4) is 0 Å². The summed E-state index contributed by atoms with van der Waals surface area (Å²) in [4.78, 5) is 30.3. The van der Waals surface area contributed by atoms with Crippen molar-refractivity contribution < 1.29 is 9.59 Å². The van der Waals surface area contributed by atoms with Crippen LogP contribution in [0.25, 0.3) is 0 Å². The van der Waals surface area contributed by atoms with Gasteiger partial charge in [0.15, 0.2) is 0 Å². The molecule has 1 aliphatic heterocycles. The molecule has 3 amide bonds. The summed E-state index contributed by atoms with van der Waals surface area (Å²) in [5, 5.41) is 9.29. The summed E-state index contributed by atoms with van der Waals surface area (Å²) in [5.74, 6) is -0.123. The topological polar surface area (TPSA) is 76.7 Å². The fourth-order valence-corrected chi connectivity index (χ4v) is 4.31. The molecule has 0 radical (unpaired) electrons. The van der Waals surface area contributed by atoms with E-state index in [4.69, 9.17) is 11.6 Å². The maximum atomic E-state index is 13.2. The SMILES string of the molecule is CCN(CC)CCNC(=O)c1cc(NC(=O)Nc2ccc(C)c(Cl)c2)ccc1N1CCCCC1. The molecule has 0 aromatic heterocycles. The maximum Gasteiger partial charge on any atom is 0.323 e. The van der Waals surface area contributed by atoms with Crippen LogP contribution in [0.2, 0.25) is 5.02 Å². The fourth-order valence-electron chi connectivity index (χ4n) is 4.13. The normalized spacial score (nSPS) is 13.6. The lowest BCUT2D eigenvalue weighted by atomic mass is 10.1. The summed E-state index contributed by atoms with van der Waals surface area (Å²) in [5.41, 5.74) is 3.60. The summed E-state index contributed by atoms with van der Waals surface area (Å²) in [6.45, 7) is 11.3. The molecule has 0 atom stereocenters. The van der Waals surface area contributed by atoms with Crippen LogP contribution in [0.3, 0.4) is 0 Å². The third-order valence-corrected chi connectivity index (χ3v) is 6.64. The Bertz CT molecular complexity index is 987. The van der Waals surface area contributed by atoms with Gasteiger partial charge >= 0.3 is 6.03 Å². The molecule has 1 fully saturated rings. The minimum absolute atomic E-state index is 0.123. The number of piperidine rings is 1. The van der Waals surface area contributed by atoms with Crippen LogP contribution in [0.5, 0.6) is 0 Å². The van der Waals surface area contributed by atoms with Crippen molar-refractivity contribution in [1.29, 1.82) is 0 Å². The zero-order valence-corrected chi connectivity index (χ0v) is 21.2. The van der Waals surface area contributed by atoms with E-state index >= 15 is 0 Å². The van der Waals surface area contributed by atoms with E-state index in [-0.39, 0.29) is 5.91 Å². The van der Waals surface area contributed by atoms with E-state index < -0.39 is 6.03 Å². The highest BCUT2D eigenvalue weighted by Gasteiger charge is 2.20. The van der Waals surface area contributed by atoms with Crippen molar-refractivity contribution in [3.05, 3.63) is 52.5 Å². The van der Waals surface area contributed by atoms with E-state index in [1.54, 1.807) is 18.2 Å². The van der Waals surface area contributed by atoms with Crippen LogP contribution in [-0.4, -0.2) is 56.1 Å². The van der Waals surface area contributed by atoms with Crippen molar-refractivity contribution >= 4 is 40.6 Å². The Hall–Kier alpha value is -2.77. The number of carbonyl (C=O) groups is 2. The van der Waals surface area contributed by atoms with E-state index in [9.17, 15) is 9.59 Å². The number of hydrogen-bond acceptors (Lipinski definition) is 4. The Kier molecular flexibility index (Phi) is 9.60. The number of nitrogens with one attached hydrogen (secondary N) is 3. The predicted molar refractivity (Wildman–Crippen MR) is 141 cm³/mol. The van der Waals surface area contributed by atoms with Gasteiger partial charge in [-0.05, 0) is 75.2 Å². The largest absolute Gasteiger partial charge is 0.371 e. The fraction of sp³-hybridized carbons (Fsp3) is 0.462. The first-order valence-electron chi connectivity index (χ1n) is 12.1. The molecule has 1 saturated heterocycles. The molecular formula is C26H36ClN5O2. The molecule has 1 aliphatic rings. The monoisotopic (exact) mass is 485 g/mol. The molecule has 0 unspecified atom stereocenters. The smallest absolute Gasteiger partial charge is 0.323 e. The first kappa shape index (κ1) is 25.8. The molecular weight excluding hydrogens is 450 g/mol. The first-order valence-corrected chi connectivity index (χ1v) is 12.5. The van der Waals surface area contributed by atoms with Gasteiger partial charge in [-0.25, -0.2) is 4.79 Å². The molecule has 2 aromatic rings. The van der Waals surface area contributed by atoms with Gasteiger partial charge in [0, 0.05) is 48.3 Å². The van der Waals surface area contributed by atoms with Crippen LogP contribution < -0.4 is 20.9 Å². The lowest BCUT2D eigenvalue weighted by Crippen LogP contribution is -2.36. The Morgan fingerprint density at radius 2 is 1.62 bits per heavy atom. The van der Waals surface area contributed by atoms with Crippen molar-refractivity contribution in [2.45, 2.75) is 40.0 Å². The molecule has 3 rings (SSSR count). The summed E-state index contributed by atoms with van der Waals surface area (Å²) in [7, 11) is 0. The Balaban J connectivity index is 1.74. The Labute approximate surface area is 207 Å². The number of aryl methyl sites for hydroxylation is 1. The van der Waals surface area contributed by atoms with Crippen LogP contribution in [0.1, 0.15) is 49.0 Å². The molecule has 7 nitrogen and oxygen atoms in total. The highest BCUT2D eigenvalue weighted by molar-refractivity contribution is 6.31. The van der Waals surface area contributed by atoms with Crippen LogP contribution in [0.15, 0.2) is 36.4 Å². The second kappa shape index (κ2) is 12.6. The minimum atomic E-state index is -0.390. The van der Waals surface area contributed by atoms with Crippen molar-refractivity contribution in [2.75, 3.05) is 54.8 Å². The van der Waals surface area contributed by atoms with Gasteiger partial charge in [-0.1, -0.05) is 31.5 Å². The van der Waals surface area contributed by atoms with E-state index in [1.807, 2.05) is 25.1 Å². The van der Waals surface area contributed by atoms with Gasteiger partial charge in [0.2, 0.25) is 0 Å². The van der Waals surface area contributed by atoms with Gasteiger partial charge in [0.05, 0.1) is 5.56 Å². The zero-order chi connectivity index (χ0) is 24.5. The Morgan fingerprint density at radius 3 is 2.26 bits per heavy atom. The van der Waals surface area contributed by atoms with Crippen LogP contribution >= 0.6 is 11.6 Å². The number of nitrogens with zero attached hydrogens (tertiary/aromatic N) is 2. The second-order valence-electron chi connectivity index (χ2n) is 8.61. The van der Waals surface area contributed by atoms with E-state index in [2.05, 4.69) is 39.6 Å². The summed E-state index contributed by atoms with van der Waals surface area (Å²) in [6.07, 6.45) is 3.44. The molecule has 0 bridgehead atoms. The average Bonchev–Trinajstić information content (AvgIpc) is 2.84. The average molecular weight is 486 g/mol. The molecule has 0 saturated carbocycles. The Morgan fingerprint density at radius 1 is 0.971 bits per heavy atom. The third kappa shape index (κ3) is 7.11. The highest BCUT2D eigenvalue weighted by Crippen LogP contribution is 2.27. The summed E-state index contributed by atoms with van der Waals surface area (Å²) in [6, 6.07) is 10.5. The first-order chi connectivity index (χ1) is 16.4. The molecule has 8 heteroatoms. The molecule has 0 aliphatic carbocycles. The summed E-state index contributed by atoms with van der Waals surface area (Å²) >= 11 is 6.16. The van der Waals surface area contributed by atoms with Gasteiger partial charge in [-0.3, -0.25) is 4.79 Å². The number of amides is 3. The maximum absolute atomic E-state index is 13.2. The third-order valence-electron chi connectivity index (χ3n) is 6.23. The van der Waals surface area contributed by atoms with Crippen LogP contribution in [-0.2, 0) is 0 Å². The van der Waals surface area contributed by atoms with Crippen molar-refractivity contribution in [1.82, 2.24) is 10.2 Å². The summed E-state index contributed by atoms with van der Waals surface area (Å²) < 4.78 is 0. The van der Waals surface area contributed by atoms with Gasteiger partial charge in [0.1, 0.15) is 0 Å². The van der Waals surface area contributed by atoms with Gasteiger partial charge in [0.25, 0.3) is 5.91 Å².